The van der Waals surface area contributed by atoms with Gasteiger partial charge in [-0.1, -0.05) is 0 Å². The normalized spacial score (nSPS) is 13.0. The van der Waals surface area contributed by atoms with Gasteiger partial charge in [-0.2, -0.15) is 13.2 Å². The number of halogens is 3. The van der Waals surface area contributed by atoms with Crippen LogP contribution in [0.25, 0.3) is 0 Å². The van der Waals surface area contributed by atoms with Crippen LogP contribution >= 0.6 is 0 Å². The molecule has 1 heterocycles. The summed E-state index contributed by atoms with van der Waals surface area (Å²) in [5.74, 6) is 0. The van der Waals surface area contributed by atoms with Gasteiger partial charge in [0.25, 0.3) is 0 Å². The molecule has 0 spiro atoms. The summed E-state index contributed by atoms with van der Waals surface area (Å²) in [6.07, 6.45) is -2.24. The van der Waals surface area contributed by atoms with Gasteiger partial charge in [0.1, 0.15) is 0 Å². The molecule has 0 saturated carbocycles. The summed E-state index contributed by atoms with van der Waals surface area (Å²) in [5, 5.41) is 0. The molecule has 0 amide bonds. The highest BCUT2D eigenvalue weighted by Gasteiger charge is 2.32. The number of alkyl halides is 3. The lowest BCUT2D eigenvalue weighted by Crippen LogP contribution is -2.29. The molecule has 2 nitrogen and oxygen atoms in total. The number of hydrogen-bond acceptors (Lipinski definition) is 2. The van der Waals surface area contributed by atoms with Crippen LogP contribution in [0.1, 0.15) is 25.0 Å². The molecule has 0 fully saturated rings. The lowest BCUT2D eigenvalue weighted by molar-refractivity contribution is -0.137. The van der Waals surface area contributed by atoms with Crippen molar-refractivity contribution in [1.82, 2.24) is 4.98 Å². The fraction of sp³-hybridized carbons (Fsp3) is 0.444. The zero-order chi connectivity index (χ0) is 11.0. The van der Waals surface area contributed by atoms with E-state index >= 15 is 0 Å². The van der Waals surface area contributed by atoms with Crippen molar-refractivity contribution < 1.29 is 13.2 Å². The van der Waals surface area contributed by atoms with Crippen LogP contribution in [0, 0.1) is 0 Å². The number of nitrogens with zero attached hydrogens (tertiary/aromatic N) is 1. The minimum absolute atomic E-state index is 0.368. The molecule has 0 atom stereocenters. The van der Waals surface area contributed by atoms with Crippen molar-refractivity contribution in [2.45, 2.75) is 25.6 Å². The summed E-state index contributed by atoms with van der Waals surface area (Å²) in [6.45, 7) is 3.26. The van der Waals surface area contributed by atoms with Gasteiger partial charge in [0.05, 0.1) is 5.56 Å². The van der Waals surface area contributed by atoms with Gasteiger partial charge in [0.2, 0.25) is 0 Å². The summed E-state index contributed by atoms with van der Waals surface area (Å²) in [7, 11) is 0. The van der Waals surface area contributed by atoms with Gasteiger partial charge in [-0.05, 0) is 25.5 Å². The Bertz CT molecular complexity index is 296. The van der Waals surface area contributed by atoms with Gasteiger partial charge >= 0.3 is 6.18 Å². The standard InChI is InChI=1S/C9H11F3N2/c1-8(2,13)6-3-7(5-14-4-6)9(10,11)12/h3-5H,13H2,1-2H3. The molecule has 5 heteroatoms. The lowest BCUT2D eigenvalue weighted by atomic mass is 9.96. The molecule has 0 aromatic carbocycles. The van der Waals surface area contributed by atoms with E-state index in [0.29, 0.717) is 5.56 Å². The molecule has 0 aliphatic heterocycles. The van der Waals surface area contributed by atoms with E-state index in [1.54, 1.807) is 13.8 Å². The smallest absolute Gasteiger partial charge is 0.322 e. The van der Waals surface area contributed by atoms with Crippen molar-refractivity contribution in [2.75, 3.05) is 0 Å². The third kappa shape index (κ3) is 2.45. The molecule has 1 aromatic rings. The van der Waals surface area contributed by atoms with Crippen LogP contribution in [0.5, 0.6) is 0 Å². The predicted octanol–water partition coefficient (Wildman–Crippen LogP) is 2.29. The quantitative estimate of drug-likeness (QED) is 0.762. The maximum atomic E-state index is 12.3. The van der Waals surface area contributed by atoms with Crippen LogP contribution in [-0.2, 0) is 11.7 Å². The molecular weight excluding hydrogens is 193 g/mol. The molecule has 0 unspecified atom stereocenters. The summed E-state index contributed by atoms with van der Waals surface area (Å²) < 4.78 is 36.8. The fourth-order valence-electron chi connectivity index (χ4n) is 0.947. The Kier molecular flexibility index (Phi) is 2.54. The van der Waals surface area contributed by atoms with E-state index in [-0.39, 0.29) is 0 Å². The van der Waals surface area contributed by atoms with Crippen LogP contribution in [0.2, 0.25) is 0 Å². The van der Waals surface area contributed by atoms with Crippen LogP contribution in [0.4, 0.5) is 13.2 Å². The Balaban J connectivity index is 3.15. The van der Waals surface area contributed by atoms with E-state index < -0.39 is 17.3 Å². The third-order valence-corrected chi connectivity index (χ3v) is 1.81. The van der Waals surface area contributed by atoms with Crippen molar-refractivity contribution in [3.05, 3.63) is 29.6 Å². The molecule has 78 valence electrons. The van der Waals surface area contributed by atoms with E-state index in [1.807, 2.05) is 0 Å². The average Bonchev–Trinajstić information content (AvgIpc) is 2.01. The summed E-state index contributed by atoms with van der Waals surface area (Å²) >= 11 is 0. The SMILES string of the molecule is CC(C)(N)c1cncc(C(F)(F)F)c1. The van der Waals surface area contributed by atoms with Gasteiger partial charge in [-0.25, -0.2) is 0 Å². The first kappa shape index (κ1) is 11.0. The van der Waals surface area contributed by atoms with Crippen molar-refractivity contribution in [1.29, 1.82) is 0 Å². The second kappa shape index (κ2) is 3.24. The molecule has 14 heavy (non-hydrogen) atoms. The average molecular weight is 204 g/mol. The highest BCUT2D eigenvalue weighted by molar-refractivity contribution is 5.25. The molecule has 0 aliphatic rings. The first-order valence-electron chi connectivity index (χ1n) is 4.03. The Morgan fingerprint density at radius 3 is 2.07 bits per heavy atom. The Morgan fingerprint density at radius 2 is 1.64 bits per heavy atom. The van der Waals surface area contributed by atoms with Crippen molar-refractivity contribution in [3.8, 4) is 0 Å². The second-order valence-corrected chi connectivity index (χ2v) is 3.68. The van der Waals surface area contributed by atoms with E-state index in [2.05, 4.69) is 4.98 Å². The van der Waals surface area contributed by atoms with Crippen molar-refractivity contribution >= 4 is 0 Å². The minimum atomic E-state index is -4.37. The fourth-order valence-corrected chi connectivity index (χ4v) is 0.947. The molecule has 2 N–H and O–H groups in total. The number of aromatic nitrogens is 1. The first-order valence-corrected chi connectivity index (χ1v) is 4.03. The van der Waals surface area contributed by atoms with Gasteiger partial charge in [-0.15, -0.1) is 0 Å². The highest BCUT2D eigenvalue weighted by atomic mass is 19.4. The zero-order valence-electron chi connectivity index (χ0n) is 7.89. The number of rotatable bonds is 1. The summed E-state index contributed by atoms with van der Waals surface area (Å²) in [6, 6.07) is 1.02. The second-order valence-electron chi connectivity index (χ2n) is 3.68. The predicted molar refractivity (Wildman–Crippen MR) is 46.5 cm³/mol. The van der Waals surface area contributed by atoms with E-state index in [4.69, 9.17) is 5.73 Å². The van der Waals surface area contributed by atoms with Crippen molar-refractivity contribution in [3.63, 3.8) is 0 Å². The number of hydrogen-bond donors (Lipinski definition) is 1. The van der Waals surface area contributed by atoms with E-state index in [0.717, 1.165) is 12.3 Å². The molecule has 1 aromatic heterocycles. The Morgan fingerprint density at radius 1 is 1.14 bits per heavy atom. The van der Waals surface area contributed by atoms with Crippen LogP contribution in [0.15, 0.2) is 18.5 Å². The van der Waals surface area contributed by atoms with Gasteiger partial charge < -0.3 is 5.73 Å². The van der Waals surface area contributed by atoms with Gasteiger partial charge in [0.15, 0.2) is 0 Å². The third-order valence-electron chi connectivity index (χ3n) is 1.81. The molecule has 1 rings (SSSR count). The largest absolute Gasteiger partial charge is 0.417 e. The molecular formula is C9H11F3N2. The summed E-state index contributed by atoms with van der Waals surface area (Å²) in [5.41, 5.74) is 4.45. The number of nitrogens with two attached hydrogens (primary N) is 1. The first-order chi connectivity index (χ1) is 6.21. The van der Waals surface area contributed by atoms with Crippen LogP contribution < -0.4 is 5.73 Å². The van der Waals surface area contributed by atoms with Crippen LogP contribution in [0.3, 0.4) is 0 Å². The van der Waals surface area contributed by atoms with Crippen LogP contribution in [-0.4, -0.2) is 4.98 Å². The molecule has 0 radical (unpaired) electrons. The maximum absolute atomic E-state index is 12.3. The molecule has 0 saturated heterocycles. The number of pyridine rings is 1. The Labute approximate surface area is 79.9 Å². The molecule has 0 bridgehead atoms. The zero-order valence-corrected chi connectivity index (χ0v) is 7.89. The Hall–Kier alpha value is -1.10. The van der Waals surface area contributed by atoms with E-state index in [1.165, 1.54) is 6.20 Å². The topological polar surface area (TPSA) is 38.9 Å². The summed E-state index contributed by atoms with van der Waals surface area (Å²) in [4.78, 5) is 3.52. The van der Waals surface area contributed by atoms with E-state index in [9.17, 15) is 13.2 Å². The lowest BCUT2D eigenvalue weighted by Gasteiger charge is -2.19. The van der Waals surface area contributed by atoms with Crippen molar-refractivity contribution in [2.24, 2.45) is 5.73 Å². The highest BCUT2D eigenvalue weighted by Crippen LogP contribution is 2.30. The monoisotopic (exact) mass is 204 g/mol. The minimum Gasteiger partial charge on any atom is -0.322 e. The van der Waals surface area contributed by atoms with Gasteiger partial charge in [0, 0.05) is 17.9 Å². The molecule has 0 aliphatic carbocycles. The van der Waals surface area contributed by atoms with Gasteiger partial charge in [-0.3, -0.25) is 4.98 Å². The maximum Gasteiger partial charge on any atom is 0.417 e.